The van der Waals surface area contributed by atoms with Crippen molar-refractivity contribution in [1.82, 2.24) is 4.90 Å². The molecule has 2 N–H and O–H groups in total. The van der Waals surface area contributed by atoms with Crippen molar-refractivity contribution in [2.24, 2.45) is 11.7 Å². The number of nitrogens with zero attached hydrogens (tertiary/aromatic N) is 1. The van der Waals surface area contributed by atoms with Gasteiger partial charge in [-0.3, -0.25) is 4.90 Å². The molecule has 0 aromatic heterocycles. The summed E-state index contributed by atoms with van der Waals surface area (Å²) in [5.41, 5.74) is 7.22. The highest BCUT2D eigenvalue weighted by atomic mass is 16.5. The molecule has 1 saturated heterocycles. The molecule has 0 radical (unpaired) electrons. The molecule has 0 amide bonds. The Morgan fingerprint density at radius 2 is 1.86 bits per heavy atom. The fraction of sp³-hybridized carbons (Fsp3) is 0.333. The number of para-hydroxylation sites is 1. The van der Waals surface area contributed by atoms with Crippen molar-refractivity contribution < 1.29 is 4.74 Å². The van der Waals surface area contributed by atoms with E-state index < -0.39 is 0 Å². The van der Waals surface area contributed by atoms with Crippen LogP contribution >= 0.6 is 0 Å². The van der Waals surface area contributed by atoms with Gasteiger partial charge in [0.2, 0.25) is 0 Å². The van der Waals surface area contributed by atoms with Gasteiger partial charge in [-0.05, 0) is 62.3 Å². The van der Waals surface area contributed by atoms with E-state index in [4.69, 9.17) is 10.5 Å². The second kappa shape index (κ2) is 6.29. The number of hydrogen-bond donors (Lipinski definition) is 1. The monoisotopic (exact) mass is 282 g/mol. The molecular weight excluding hydrogens is 260 g/mol. The van der Waals surface area contributed by atoms with E-state index in [-0.39, 0.29) is 0 Å². The first kappa shape index (κ1) is 14.1. The highest BCUT2D eigenvalue weighted by Crippen LogP contribution is 2.37. The number of rotatable bonds is 4. The van der Waals surface area contributed by atoms with Gasteiger partial charge in [-0.15, -0.1) is 0 Å². The van der Waals surface area contributed by atoms with Gasteiger partial charge >= 0.3 is 0 Å². The summed E-state index contributed by atoms with van der Waals surface area (Å²) in [6.45, 7) is 1.84. The zero-order valence-corrected chi connectivity index (χ0v) is 12.4. The maximum atomic E-state index is 5.93. The quantitative estimate of drug-likeness (QED) is 0.933. The summed E-state index contributed by atoms with van der Waals surface area (Å²) >= 11 is 0. The molecule has 1 aliphatic rings. The highest BCUT2D eigenvalue weighted by molar-refractivity contribution is 5.35. The van der Waals surface area contributed by atoms with E-state index in [0.717, 1.165) is 24.6 Å². The number of likely N-dealkylation sites (tertiary alicyclic amines) is 1. The predicted molar refractivity (Wildman–Crippen MR) is 85.5 cm³/mol. The Morgan fingerprint density at radius 3 is 2.62 bits per heavy atom. The fourth-order valence-corrected chi connectivity index (χ4v) is 3.19. The molecular formula is C18H22N2O. The van der Waals surface area contributed by atoms with E-state index in [1.807, 2.05) is 36.4 Å². The van der Waals surface area contributed by atoms with Crippen molar-refractivity contribution in [3.05, 3.63) is 60.2 Å². The first-order valence-electron chi connectivity index (χ1n) is 7.51. The van der Waals surface area contributed by atoms with Crippen molar-refractivity contribution >= 4 is 0 Å². The summed E-state index contributed by atoms with van der Waals surface area (Å²) in [5, 5.41) is 0. The van der Waals surface area contributed by atoms with Crippen LogP contribution < -0.4 is 10.5 Å². The Bertz CT molecular complexity index is 585. The maximum Gasteiger partial charge on any atom is 0.127 e. The van der Waals surface area contributed by atoms with Crippen LogP contribution in [0.25, 0.3) is 0 Å². The molecule has 0 saturated carbocycles. The van der Waals surface area contributed by atoms with Crippen LogP contribution in [-0.2, 0) is 0 Å². The Labute approximate surface area is 126 Å². The topological polar surface area (TPSA) is 38.5 Å². The van der Waals surface area contributed by atoms with Crippen molar-refractivity contribution in [2.75, 3.05) is 20.1 Å². The van der Waals surface area contributed by atoms with Gasteiger partial charge in [0.1, 0.15) is 11.5 Å². The maximum absolute atomic E-state index is 5.93. The summed E-state index contributed by atoms with van der Waals surface area (Å²) in [6, 6.07) is 18.7. The molecule has 21 heavy (non-hydrogen) atoms. The van der Waals surface area contributed by atoms with Gasteiger partial charge in [0.15, 0.2) is 0 Å². The molecule has 3 heteroatoms. The molecule has 1 fully saturated rings. The van der Waals surface area contributed by atoms with E-state index in [1.165, 1.54) is 12.0 Å². The molecule has 1 aliphatic heterocycles. The Kier molecular flexibility index (Phi) is 4.23. The minimum Gasteiger partial charge on any atom is -0.457 e. The zero-order chi connectivity index (χ0) is 14.7. The zero-order valence-electron chi connectivity index (χ0n) is 12.4. The molecule has 0 spiro atoms. The fourth-order valence-electron chi connectivity index (χ4n) is 3.19. The average molecular weight is 282 g/mol. The molecule has 0 bridgehead atoms. The van der Waals surface area contributed by atoms with Crippen LogP contribution in [0.2, 0.25) is 0 Å². The molecule has 2 aromatic rings. The Morgan fingerprint density at radius 1 is 1.10 bits per heavy atom. The number of nitrogens with two attached hydrogens (primary N) is 1. The van der Waals surface area contributed by atoms with Gasteiger partial charge in [-0.25, -0.2) is 0 Å². The molecule has 0 aliphatic carbocycles. The third-order valence-corrected chi connectivity index (χ3v) is 4.26. The van der Waals surface area contributed by atoms with Crippen LogP contribution in [0.5, 0.6) is 11.5 Å². The molecule has 2 unspecified atom stereocenters. The minimum atomic E-state index is 0.398. The number of hydrogen-bond acceptors (Lipinski definition) is 3. The lowest BCUT2D eigenvalue weighted by atomic mass is 9.94. The van der Waals surface area contributed by atoms with Crippen molar-refractivity contribution in [3.8, 4) is 11.5 Å². The third kappa shape index (κ3) is 3.09. The summed E-state index contributed by atoms with van der Waals surface area (Å²) < 4.78 is 5.93. The lowest BCUT2D eigenvalue weighted by molar-refractivity contribution is 0.279. The van der Waals surface area contributed by atoms with E-state index in [1.54, 1.807) is 0 Å². The van der Waals surface area contributed by atoms with Gasteiger partial charge in [-0.2, -0.15) is 0 Å². The van der Waals surface area contributed by atoms with Gasteiger partial charge in [0.05, 0.1) is 0 Å². The lowest BCUT2D eigenvalue weighted by Gasteiger charge is -2.25. The molecule has 110 valence electrons. The molecule has 1 heterocycles. The van der Waals surface area contributed by atoms with E-state index in [0.29, 0.717) is 12.0 Å². The van der Waals surface area contributed by atoms with E-state index in [9.17, 15) is 0 Å². The molecule has 2 atom stereocenters. The standard InChI is InChI=1S/C18H22N2O/c1-20-11-10-15(13-19)18(20)14-6-5-9-17(12-14)21-16-7-3-2-4-8-16/h2-9,12,15,18H,10-11,13,19H2,1H3. The predicted octanol–water partition coefficient (Wildman–Crippen LogP) is 3.43. The van der Waals surface area contributed by atoms with Gasteiger partial charge < -0.3 is 10.5 Å². The Hall–Kier alpha value is -1.84. The van der Waals surface area contributed by atoms with Gasteiger partial charge in [-0.1, -0.05) is 30.3 Å². The van der Waals surface area contributed by atoms with Crippen molar-refractivity contribution in [3.63, 3.8) is 0 Å². The second-order valence-corrected chi connectivity index (χ2v) is 5.70. The van der Waals surface area contributed by atoms with Crippen LogP contribution in [0.3, 0.4) is 0 Å². The van der Waals surface area contributed by atoms with Crippen LogP contribution in [-0.4, -0.2) is 25.0 Å². The summed E-state index contributed by atoms with van der Waals surface area (Å²) in [5.74, 6) is 2.28. The largest absolute Gasteiger partial charge is 0.457 e. The third-order valence-electron chi connectivity index (χ3n) is 4.26. The average Bonchev–Trinajstić information content (AvgIpc) is 2.89. The van der Waals surface area contributed by atoms with Crippen LogP contribution in [0.1, 0.15) is 18.0 Å². The van der Waals surface area contributed by atoms with E-state index in [2.05, 4.69) is 30.1 Å². The number of benzene rings is 2. The highest BCUT2D eigenvalue weighted by Gasteiger charge is 2.31. The first-order valence-corrected chi connectivity index (χ1v) is 7.51. The Balaban J connectivity index is 1.83. The van der Waals surface area contributed by atoms with Crippen LogP contribution in [0.15, 0.2) is 54.6 Å². The smallest absolute Gasteiger partial charge is 0.127 e. The van der Waals surface area contributed by atoms with Gasteiger partial charge in [0.25, 0.3) is 0 Å². The van der Waals surface area contributed by atoms with Crippen molar-refractivity contribution in [2.45, 2.75) is 12.5 Å². The molecule has 2 aromatic carbocycles. The summed E-state index contributed by atoms with van der Waals surface area (Å²) in [7, 11) is 2.17. The van der Waals surface area contributed by atoms with Crippen LogP contribution in [0, 0.1) is 5.92 Å². The first-order chi connectivity index (χ1) is 10.3. The van der Waals surface area contributed by atoms with Gasteiger partial charge in [0, 0.05) is 6.04 Å². The number of ether oxygens (including phenoxy) is 1. The lowest BCUT2D eigenvalue weighted by Crippen LogP contribution is -2.25. The molecule has 3 rings (SSSR count). The van der Waals surface area contributed by atoms with Crippen LogP contribution in [0.4, 0.5) is 0 Å². The SMILES string of the molecule is CN1CCC(CN)C1c1cccc(Oc2ccccc2)c1. The summed E-state index contributed by atoms with van der Waals surface area (Å²) in [6.07, 6.45) is 1.17. The normalized spacial score (nSPS) is 22.4. The van der Waals surface area contributed by atoms with Crippen molar-refractivity contribution in [1.29, 1.82) is 0 Å². The second-order valence-electron chi connectivity index (χ2n) is 5.70. The molecule has 3 nitrogen and oxygen atoms in total. The summed E-state index contributed by atoms with van der Waals surface area (Å²) in [4.78, 5) is 2.39. The van der Waals surface area contributed by atoms with E-state index >= 15 is 0 Å². The minimum absolute atomic E-state index is 0.398.